The van der Waals surface area contributed by atoms with E-state index < -0.39 is 15.0 Å². The molecule has 0 heterocycles. The largest absolute Gasteiger partial charge is 0.495 e. The molecule has 20 heavy (non-hydrogen) atoms. The summed E-state index contributed by atoms with van der Waals surface area (Å²) >= 11 is 0. The summed E-state index contributed by atoms with van der Waals surface area (Å²) in [6.07, 6.45) is 1.40. The lowest BCUT2D eigenvalue weighted by Crippen LogP contribution is -2.15. The van der Waals surface area contributed by atoms with E-state index >= 15 is 0 Å². The van der Waals surface area contributed by atoms with E-state index in [-0.39, 0.29) is 22.3 Å². The SMILES string of the molecule is CCCC(C)OC(=O)c1ccc(OC)c(S(=O)(=O)Cl)c1. The summed E-state index contributed by atoms with van der Waals surface area (Å²) < 4.78 is 33.0. The van der Waals surface area contributed by atoms with Gasteiger partial charge in [0.2, 0.25) is 0 Å². The van der Waals surface area contributed by atoms with Crippen molar-refractivity contribution in [3.63, 3.8) is 0 Å². The number of methoxy groups -OCH3 is 1. The molecule has 1 aromatic rings. The van der Waals surface area contributed by atoms with Crippen molar-refractivity contribution in [2.75, 3.05) is 7.11 Å². The summed E-state index contributed by atoms with van der Waals surface area (Å²) in [5.41, 5.74) is 0.118. The number of rotatable bonds is 6. The van der Waals surface area contributed by atoms with Crippen molar-refractivity contribution in [2.45, 2.75) is 37.7 Å². The molecule has 0 aliphatic rings. The fraction of sp³-hybridized carbons (Fsp3) is 0.462. The van der Waals surface area contributed by atoms with Crippen LogP contribution in [0.25, 0.3) is 0 Å². The molecular formula is C13H17ClO5S. The summed E-state index contributed by atoms with van der Waals surface area (Å²) in [5.74, 6) is -0.506. The first kappa shape index (κ1) is 16.8. The average Bonchev–Trinajstić information content (AvgIpc) is 2.37. The van der Waals surface area contributed by atoms with E-state index in [2.05, 4.69) is 0 Å². The minimum atomic E-state index is -4.00. The summed E-state index contributed by atoms with van der Waals surface area (Å²) in [5, 5.41) is 0. The quantitative estimate of drug-likeness (QED) is 0.595. The number of carbonyl (C=O) groups is 1. The third kappa shape index (κ3) is 4.38. The van der Waals surface area contributed by atoms with E-state index in [1.165, 1.54) is 19.2 Å². The number of ether oxygens (including phenoxy) is 2. The molecule has 0 amide bonds. The van der Waals surface area contributed by atoms with E-state index in [1.807, 2.05) is 6.92 Å². The van der Waals surface area contributed by atoms with E-state index in [0.29, 0.717) is 0 Å². The minimum Gasteiger partial charge on any atom is -0.495 e. The highest BCUT2D eigenvalue weighted by molar-refractivity contribution is 8.13. The Morgan fingerprint density at radius 1 is 1.40 bits per heavy atom. The third-order valence-corrected chi connectivity index (χ3v) is 4.01. The Morgan fingerprint density at radius 3 is 2.55 bits per heavy atom. The van der Waals surface area contributed by atoms with Gasteiger partial charge < -0.3 is 9.47 Å². The Balaban J connectivity index is 3.06. The van der Waals surface area contributed by atoms with Crippen molar-refractivity contribution < 1.29 is 22.7 Å². The average molecular weight is 321 g/mol. The van der Waals surface area contributed by atoms with Crippen LogP contribution in [0, 0.1) is 0 Å². The molecule has 0 saturated carbocycles. The molecule has 1 atom stereocenters. The standard InChI is InChI=1S/C13H17ClO5S/c1-4-5-9(2)19-13(15)10-6-7-11(18-3)12(8-10)20(14,16)17/h6-9H,4-5H2,1-3H3. The number of hydrogen-bond donors (Lipinski definition) is 0. The van der Waals surface area contributed by atoms with Crippen molar-refractivity contribution in [1.29, 1.82) is 0 Å². The maximum absolute atomic E-state index is 11.9. The van der Waals surface area contributed by atoms with Crippen molar-refractivity contribution in [2.24, 2.45) is 0 Å². The molecule has 0 saturated heterocycles. The van der Waals surface area contributed by atoms with Crippen molar-refractivity contribution >= 4 is 25.7 Å². The van der Waals surface area contributed by atoms with Crippen LogP contribution in [-0.4, -0.2) is 27.6 Å². The Bertz CT molecular complexity index is 582. The second-order valence-corrected chi connectivity index (χ2v) is 6.84. The minimum absolute atomic E-state index is 0.0816. The van der Waals surface area contributed by atoms with Crippen LogP contribution in [0.5, 0.6) is 5.75 Å². The van der Waals surface area contributed by atoms with E-state index in [4.69, 9.17) is 20.2 Å². The number of esters is 1. The fourth-order valence-electron chi connectivity index (χ4n) is 1.71. The molecule has 1 rings (SSSR count). The molecule has 5 nitrogen and oxygen atoms in total. The highest BCUT2D eigenvalue weighted by Gasteiger charge is 2.20. The summed E-state index contributed by atoms with van der Waals surface area (Å²) in [6, 6.07) is 3.96. The maximum atomic E-state index is 11.9. The van der Waals surface area contributed by atoms with Gasteiger partial charge in [-0.15, -0.1) is 0 Å². The van der Waals surface area contributed by atoms with Crippen molar-refractivity contribution in [3.05, 3.63) is 23.8 Å². The molecule has 0 aliphatic heterocycles. The summed E-state index contributed by atoms with van der Waals surface area (Å²) in [6.45, 7) is 3.76. The van der Waals surface area contributed by atoms with Crippen LogP contribution in [0.3, 0.4) is 0 Å². The number of benzene rings is 1. The van der Waals surface area contributed by atoms with E-state index in [0.717, 1.165) is 18.9 Å². The van der Waals surface area contributed by atoms with Crippen LogP contribution in [0.2, 0.25) is 0 Å². The zero-order valence-corrected chi connectivity index (χ0v) is 13.1. The van der Waals surface area contributed by atoms with Gasteiger partial charge >= 0.3 is 5.97 Å². The lowest BCUT2D eigenvalue weighted by molar-refractivity contribution is 0.0323. The molecule has 0 N–H and O–H groups in total. The lowest BCUT2D eigenvalue weighted by atomic mass is 10.2. The normalized spacial score (nSPS) is 12.8. The van der Waals surface area contributed by atoms with Crippen LogP contribution in [0.4, 0.5) is 0 Å². The molecule has 0 aromatic heterocycles. The highest BCUT2D eigenvalue weighted by Crippen LogP contribution is 2.28. The zero-order chi connectivity index (χ0) is 15.3. The van der Waals surface area contributed by atoms with Gasteiger partial charge in [0, 0.05) is 10.7 Å². The summed E-state index contributed by atoms with van der Waals surface area (Å²) in [4.78, 5) is 11.7. The Hall–Kier alpha value is -1.27. The molecule has 1 unspecified atom stereocenters. The van der Waals surface area contributed by atoms with Crippen LogP contribution < -0.4 is 4.74 Å². The molecule has 0 fully saturated rings. The highest BCUT2D eigenvalue weighted by atomic mass is 35.7. The lowest BCUT2D eigenvalue weighted by Gasteiger charge is -2.13. The van der Waals surface area contributed by atoms with Gasteiger partial charge in [-0.3, -0.25) is 0 Å². The Kier molecular flexibility index (Phi) is 5.83. The van der Waals surface area contributed by atoms with Gasteiger partial charge in [-0.2, -0.15) is 0 Å². The molecule has 0 radical (unpaired) electrons. The van der Waals surface area contributed by atoms with Crippen LogP contribution in [-0.2, 0) is 13.8 Å². The number of halogens is 1. The molecule has 0 aliphatic carbocycles. The molecule has 1 aromatic carbocycles. The van der Waals surface area contributed by atoms with E-state index in [1.54, 1.807) is 6.92 Å². The zero-order valence-electron chi connectivity index (χ0n) is 11.6. The van der Waals surface area contributed by atoms with Gasteiger partial charge in [0.05, 0.1) is 18.8 Å². The third-order valence-electron chi connectivity index (χ3n) is 2.67. The van der Waals surface area contributed by atoms with E-state index in [9.17, 15) is 13.2 Å². The summed E-state index contributed by atoms with van der Waals surface area (Å²) in [7, 11) is 2.64. The monoisotopic (exact) mass is 320 g/mol. The Labute approximate surface area is 123 Å². The van der Waals surface area contributed by atoms with Gasteiger partial charge in [0.15, 0.2) is 0 Å². The van der Waals surface area contributed by atoms with Gasteiger partial charge in [-0.05, 0) is 31.5 Å². The van der Waals surface area contributed by atoms with Crippen LogP contribution >= 0.6 is 10.7 Å². The predicted octanol–water partition coefficient (Wildman–Crippen LogP) is 2.97. The number of carbonyl (C=O) groups excluding carboxylic acids is 1. The second kappa shape index (κ2) is 6.95. The molecule has 112 valence electrons. The predicted molar refractivity (Wildman–Crippen MR) is 75.8 cm³/mol. The van der Waals surface area contributed by atoms with Crippen molar-refractivity contribution in [1.82, 2.24) is 0 Å². The first-order valence-electron chi connectivity index (χ1n) is 6.13. The first-order valence-corrected chi connectivity index (χ1v) is 8.44. The van der Waals surface area contributed by atoms with Gasteiger partial charge in [-0.25, -0.2) is 13.2 Å². The van der Waals surface area contributed by atoms with Gasteiger partial charge in [0.25, 0.3) is 9.05 Å². The van der Waals surface area contributed by atoms with Crippen molar-refractivity contribution in [3.8, 4) is 5.75 Å². The smallest absolute Gasteiger partial charge is 0.338 e. The molecule has 7 heteroatoms. The molecule has 0 spiro atoms. The topological polar surface area (TPSA) is 69.7 Å². The molecule has 0 bridgehead atoms. The van der Waals surface area contributed by atoms with Crippen LogP contribution in [0.1, 0.15) is 37.0 Å². The maximum Gasteiger partial charge on any atom is 0.338 e. The second-order valence-electron chi connectivity index (χ2n) is 4.31. The van der Waals surface area contributed by atoms with Gasteiger partial charge in [0.1, 0.15) is 10.6 Å². The first-order chi connectivity index (χ1) is 9.29. The Morgan fingerprint density at radius 2 is 2.05 bits per heavy atom. The number of hydrogen-bond acceptors (Lipinski definition) is 5. The van der Waals surface area contributed by atoms with Crippen LogP contribution in [0.15, 0.2) is 23.1 Å². The molecular weight excluding hydrogens is 304 g/mol. The van der Waals surface area contributed by atoms with Gasteiger partial charge in [-0.1, -0.05) is 13.3 Å². The fourth-order valence-corrected chi connectivity index (χ4v) is 2.73.